The Balaban J connectivity index is 2.19. The fourth-order valence-electron chi connectivity index (χ4n) is 2.27. The van der Waals surface area contributed by atoms with E-state index in [-0.39, 0.29) is 6.04 Å². The van der Waals surface area contributed by atoms with E-state index in [0.29, 0.717) is 0 Å². The SMILES string of the molecule is CC#CCCNC(c1ccccc1)c1ccc(OC)cc1. The minimum Gasteiger partial charge on any atom is -0.497 e. The molecule has 0 aliphatic heterocycles. The van der Waals surface area contributed by atoms with Crippen molar-refractivity contribution in [2.45, 2.75) is 19.4 Å². The van der Waals surface area contributed by atoms with Crippen LogP contribution in [0.2, 0.25) is 0 Å². The van der Waals surface area contributed by atoms with E-state index in [9.17, 15) is 0 Å². The summed E-state index contributed by atoms with van der Waals surface area (Å²) in [7, 11) is 1.69. The van der Waals surface area contributed by atoms with Crippen LogP contribution in [-0.4, -0.2) is 13.7 Å². The first-order valence-corrected chi connectivity index (χ1v) is 7.17. The Bertz CT molecular complexity index is 593. The van der Waals surface area contributed by atoms with E-state index in [1.54, 1.807) is 7.11 Å². The molecule has 2 heteroatoms. The highest BCUT2D eigenvalue weighted by molar-refractivity contribution is 5.35. The number of hydrogen-bond acceptors (Lipinski definition) is 2. The third-order valence-corrected chi connectivity index (χ3v) is 3.36. The third-order valence-electron chi connectivity index (χ3n) is 3.36. The van der Waals surface area contributed by atoms with Crippen LogP contribution in [0.25, 0.3) is 0 Å². The first-order chi connectivity index (χ1) is 10.3. The van der Waals surface area contributed by atoms with Crippen molar-refractivity contribution in [3.63, 3.8) is 0 Å². The lowest BCUT2D eigenvalue weighted by Crippen LogP contribution is -2.23. The molecule has 1 atom stereocenters. The molecule has 2 nitrogen and oxygen atoms in total. The van der Waals surface area contributed by atoms with Gasteiger partial charge in [-0.05, 0) is 30.2 Å². The van der Waals surface area contributed by atoms with Gasteiger partial charge in [-0.1, -0.05) is 42.5 Å². The van der Waals surface area contributed by atoms with Crippen LogP contribution in [0.3, 0.4) is 0 Å². The molecule has 2 aromatic carbocycles. The lowest BCUT2D eigenvalue weighted by Gasteiger charge is -2.19. The summed E-state index contributed by atoms with van der Waals surface area (Å²) in [6.45, 7) is 2.74. The Kier molecular flexibility index (Phi) is 5.87. The zero-order chi connectivity index (χ0) is 14.9. The molecule has 0 saturated carbocycles. The van der Waals surface area contributed by atoms with Gasteiger partial charge >= 0.3 is 0 Å². The van der Waals surface area contributed by atoms with E-state index in [0.717, 1.165) is 18.7 Å². The Labute approximate surface area is 127 Å². The molecule has 2 rings (SSSR count). The zero-order valence-corrected chi connectivity index (χ0v) is 12.6. The summed E-state index contributed by atoms with van der Waals surface area (Å²) in [5, 5.41) is 3.58. The summed E-state index contributed by atoms with van der Waals surface area (Å²) < 4.78 is 5.23. The lowest BCUT2D eigenvalue weighted by molar-refractivity contribution is 0.414. The fourth-order valence-corrected chi connectivity index (χ4v) is 2.27. The van der Waals surface area contributed by atoms with Gasteiger partial charge < -0.3 is 10.1 Å². The van der Waals surface area contributed by atoms with Crippen LogP contribution >= 0.6 is 0 Å². The van der Waals surface area contributed by atoms with Crippen LogP contribution < -0.4 is 10.1 Å². The van der Waals surface area contributed by atoms with Crippen molar-refractivity contribution >= 4 is 0 Å². The predicted molar refractivity (Wildman–Crippen MR) is 87.3 cm³/mol. The molecule has 0 spiro atoms. The third kappa shape index (κ3) is 4.37. The van der Waals surface area contributed by atoms with E-state index in [4.69, 9.17) is 4.74 Å². The Morgan fingerprint density at radius 1 is 1.00 bits per heavy atom. The molecule has 0 saturated heterocycles. The standard InChI is InChI=1S/C19H21NO/c1-3-4-8-15-20-19(16-9-6-5-7-10-16)17-11-13-18(21-2)14-12-17/h5-7,9-14,19-20H,8,15H2,1-2H3. The van der Waals surface area contributed by atoms with Crippen molar-refractivity contribution in [3.05, 3.63) is 65.7 Å². The number of hydrogen-bond donors (Lipinski definition) is 1. The second kappa shape index (κ2) is 8.14. The smallest absolute Gasteiger partial charge is 0.118 e. The van der Waals surface area contributed by atoms with Crippen molar-refractivity contribution < 1.29 is 4.74 Å². The van der Waals surface area contributed by atoms with Gasteiger partial charge in [0.15, 0.2) is 0 Å². The van der Waals surface area contributed by atoms with Gasteiger partial charge in [0.2, 0.25) is 0 Å². The van der Waals surface area contributed by atoms with Crippen LogP contribution in [0.4, 0.5) is 0 Å². The Hall–Kier alpha value is -2.24. The number of rotatable bonds is 6. The molecule has 1 unspecified atom stereocenters. The lowest BCUT2D eigenvalue weighted by atomic mass is 9.98. The molecule has 0 amide bonds. The molecule has 21 heavy (non-hydrogen) atoms. The molecule has 0 aliphatic carbocycles. The van der Waals surface area contributed by atoms with Crippen molar-refractivity contribution in [3.8, 4) is 17.6 Å². The van der Waals surface area contributed by atoms with Gasteiger partial charge in [0.1, 0.15) is 5.75 Å². The molecular weight excluding hydrogens is 258 g/mol. The monoisotopic (exact) mass is 279 g/mol. The van der Waals surface area contributed by atoms with Crippen molar-refractivity contribution in [1.82, 2.24) is 5.32 Å². The second-order valence-corrected chi connectivity index (χ2v) is 4.75. The van der Waals surface area contributed by atoms with E-state index < -0.39 is 0 Å². The minimum atomic E-state index is 0.177. The average molecular weight is 279 g/mol. The molecule has 108 valence electrons. The van der Waals surface area contributed by atoms with Gasteiger partial charge in [-0.2, -0.15) is 0 Å². The summed E-state index contributed by atoms with van der Waals surface area (Å²) >= 11 is 0. The van der Waals surface area contributed by atoms with Gasteiger partial charge in [-0.3, -0.25) is 0 Å². The maximum absolute atomic E-state index is 5.23. The Morgan fingerprint density at radius 3 is 2.29 bits per heavy atom. The highest BCUT2D eigenvalue weighted by Gasteiger charge is 2.12. The second-order valence-electron chi connectivity index (χ2n) is 4.75. The summed E-state index contributed by atoms with van der Waals surface area (Å²) in [6, 6.07) is 18.9. The summed E-state index contributed by atoms with van der Waals surface area (Å²) in [4.78, 5) is 0. The van der Waals surface area contributed by atoms with Crippen LogP contribution in [0.5, 0.6) is 5.75 Å². The number of ether oxygens (including phenoxy) is 1. The van der Waals surface area contributed by atoms with Gasteiger partial charge in [0, 0.05) is 13.0 Å². The van der Waals surface area contributed by atoms with Crippen LogP contribution in [0.15, 0.2) is 54.6 Å². The van der Waals surface area contributed by atoms with Crippen molar-refractivity contribution in [2.24, 2.45) is 0 Å². The van der Waals surface area contributed by atoms with Crippen molar-refractivity contribution in [2.75, 3.05) is 13.7 Å². The molecule has 1 N–H and O–H groups in total. The summed E-state index contributed by atoms with van der Waals surface area (Å²) in [5.74, 6) is 6.90. The highest BCUT2D eigenvalue weighted by atomic mass is 16.5. The number of nitrogens with one attached hydrogen (secondary N) is 1. The summed E-state index contributed by atoms with van der Waals surface area (Å²) in [5.41, 5.74) is 2.48. The number of methoxy groups -OCH3 is 1. The summed E-state index contributed by atoms with van der Waals surface area (Å²) in [6.07, 6.45) is 0.857. The molecule has 0 aromatic heterocycles. The van der Waals surface area contributed by atoms with E-state index in [1.165, 1.54) is 11.1 Å². The molecule has 0 heterocycles. The van der Waals surface area contributed by atoms with E-state index in [1.807, 2.05) is 25.1 Å². The fraction of sp³-hybridized carbons (Fsp3) is 0.263. The normalized spacial score (nSPS) is 11.3. The molecule has 2 aromatic rings. The predicted octanol–water partition coefficient (Wildman–Crippen LogP) is 3.79. The topological polar surface area (TPSA) is 21.3 Å². The molecule has 0 aliphatic rings. The zero-order valence-electron chi connectivity index (χ0n) is 12.6. The van der Waals surface area contributed by atoms with Crippen LogP contribution in [-0.2, 0) is 0 Å². The van der Waals surface area contributed by atoms with Crippen molar-refractivity contribution in [1.29, 1.82) is 0 Å². The molecule has 0 radical (unpaired) electrons. The highest BCUT2D eigenvalue weighted by Crippen LogP contribution is 2.23. The minimum absolute atomic E-state index is 0.177. The van der Waals surface area contributed by atoms with Crippen LogP contribution in [0.1, 0.15) is 30.5 Å². The first kappa shape index (κ1) is 15.2. The Morgan fingerprint density at radius 2 is 1.67 bits per heavy atom. The molecule has 0 fully saturated rings. The number of benzene rings is 2. The quantitative estimate of drug-likeness (QED) is 0.641. The molecule has 0 bridgehead atoms. The molecular formula is C19H21NO. The van der Waals surface area contributed by atoms with E-state index in [2.05, 4.69) is 53.6 Å². The van der Waals surface area contributed by atoms with Gasteiger partial charge in [-0.25, -0.2) is 0 Å². The van der Waals surface area contributed by atoms with Gasteiger partial charge in [0.25, 0.3) is 0 Å². The average Bonchev–Trinajstić information content (AvgIpc) is 2.56. The van der Waals surface area contributed by atoms with Crippen LogP contribution in [0, 0.1) is 11.8 Å². The maximum Gasteiger partial charge on any atom is 0.118 e. The first-order valence-electron chi connectivity index (χ1n) is 7.17. The van der Waals surface area contributed by atoms with Gasteiger partial charge in [0.05, 0.1) is 13.2 Å². The maximum atomic E-state index is 5.23. The largest absolute Gasteiger partial charge is 0.497 e. The van der Waals surface area contributed by atoms with E-state index >= 15 is 0 Å². The van der Waals surface area contributed by atoms with Gasteiger partial charge in [-0.15, -0.1) is 11.8 Å².